The Labute approximate surface area is 92.5 Å². The van der Waals surface area contributed by atoms with Crippen LogP contribution in [0, 0.1) is 5.41 Å². The Bertz CT molecular complexity index is 323. The Morgan fingerprint density at radius 2 is 2.21 bits per heavy atom. The average molecular weight is 256 g/mol. The molecule has 0 bridgehead atoms. The minimum Gasteiger partial charge on any atom is -0.396 e. The molecule has 2 rings (SSSR count). The van der Waals surface area contributed by atoms with Gasteiger partial charge in [-0.3, -0.25) is 0 Å². The SMILES string of the molecule is OCC1(CNc2cccc(Br)c2)CC1. The summed E-state index contributed by atoms with van der Waals surface area (Å²) in [4.78, 5) is 0. The number of halogens is 1. The van der Waals surface area contributed by atoms with E-state index in [1.165, 1.54) is 0 Å². The van der Waals surface area contributed by atoms with Gasteiger partial charge >= 0.3 is 0 Å². The summed E-state index contributed by atoms with van der Waals surface area (Å²) in [6.07, 6.45) is 2.29. The highest BCUT2D eigenvalue weighted by atomic mass is 79.9. The van der Waals surface area contributed by atoms with Crippen molar-refractivity contribution < 1.29 is 5.11 Å². The molecule has 0 aromatic heterocycles. The van der Waals surface area contributed by atoms with Gasteiger partial charge in [-0.15, -0.1) is 0 Å². The first-order chi connectivity index (χ1) is 6.74. The van der Waals surface area contributed by atoms with Gasteiger partial charge in [-0.05, 0) is 31.0 Å². The van der Waals surface area contributed by atoms with E-state index in [2.05, 4.69) is 21.2 Å². The van der Waals surface area contributed by atoms with Crippen LogP contribution in [0.3, 0.4) is 0 Å². The zero-order valence-electron chi connectivity index (χ0n) is 7.96. The molecule has 76 valence electrons. The van der Waals surface area contributed by atoms with E-state index in [-0.39, 0.29) is 5.41 Å². The number of hydrogen-bond acceptors (Lipinski definition) is 2. The topological polar surface area (TPSA) is 32.3 Å². The number of benzene rings is 1. The number of aliphatic hydroxyl groups excluding tert-OH is 1. The Morgan fingerprint density at radius 1 is 1.43 bits per heavy atom. The first-order valence-electron chi connectivity index (χ1n) is 4.84. The van der Waals surface area contributed by atoms with Crippen LogP contribution in [-0.2, 0) is 0 Å². The van der Waals surface area contributed by atoms with Crippen LogP contribution in [0.2, 0.25) is 0 Å². The lowest BCUT2D eigenvalue weighted by Gasteiger charge is -2.13. The van der Waals surface area contributed by atoms with E-state index in [0.29, 0.717) is 6.61 Å². The summed E-state index contributed by atoms with van der Waals surface area (Å²) in [6, 6.07) is 8.10. The molecule has 3 heteroatoms. The number of anilines is 1. The summed E-state index contributed by atoms with van der Waals surface area (Å²) >= 11 is 3.43. The molecule has 0 aliphatic heterocycles. The standard InChI is InChI=1S/C11H14BrNO/c12-9-2-1-3-10(6-9)13-7-11(8-14)4-5-11/h1-3,6,13-14H,4-5,7-8H2. The largest absolute Gasteiger partial charge is 0.396 e. The number of nitrogens with one attached hydrogen (secondary N) is 1. The monoisotopic (exact) mass is 255 g/mol. The Balaban J connectivity index is 1.92. The minimum absolute atomic E-state index is 0.169. The van der Waals surface area contributed by atoms with Crippen LogP contribution >= 0.6 is 15.9 Å². The molecule has 0 unspecified atom stereocenters. The smallest absolute Gasteiger partial charge is 0.0504 e. The van der Waals surface area contributed by atoms with Crippen molar-refractivity contribution in [3.8, 4) is 0 Å². The van der Waals surface area contributed by atoms with Crippen molar-refractivity contribution in [2.45, 2.75) is 12.8 Å². The van der Waals surface area contributed by atoms with E-state index >= 15 is 0 Å². The summed E-state index contributed by atoms with van der Waals surface area (Å²) in [7, 11) is 0. The van der Waals surface area contributed by atoms with E-state index in [1.807, 2.05) is 24.3 Å². The summed E-state index contributed by atoms with van der Waals surface area (Å²) in [5, 5.41) is 12.5. The van der Waals surface area contributed by atoms with E-state index in [0.717, 1.165) is 29.5 Å². The molecule has 0 saturated heterocycles. The molecule has 1 fully saturated rings. The first kappa shape index (κ1) is 9.99. The van der Waals surface area contributed by atoms with Gasteiger partial charge in [0.25, 0.3) is 0 Å². The summed E-state index contributed by atoms with van der Waals surface area (Å²) < 4.78 is 1.08. The second-order valence-corrected chi connectivity index (χ2v) is 4.94. The van der Waals surface area contributed by atoms with Gasteiger partial charge in [0.05, 0.1) is 6.61 Å². The molecule has 0 spiro atoms. The number of hydrogen-bond donors (Lipinski definition) is 2. The van der Waals surface area contributed by atoms with Gasteiger partial charge < -0.3 is 10.4 Å². The van der Waals surface area contributed by atoms with Crippen molar-refractivity contribution in [1.29, 1.82) is 0 Å². The van der Waals surface area contributed by atoms with Gasteiger partial charge in [-0.1, -0.05) is 22.0 Å². The van der Waals surface area contributed by atoms with Gasteiger partial charge in [-0.25, -0.2) is 0 Å². The molecular formula is C11H14BrNO. The molecule has 1 aromatic rings. The average Bonchev–Trinajstić information content (AvgIpc) is 2.96. The summed E-state index contributed by atoms with van der Waals surface area (Å²) in [5.74, 6) is 0. The highest BCUT2D eigenvalue weighted by molar-refractivity contribution is 9.10. The van der Waals surface area contributed by atoms with Crippen LogP contribution in [0.1, 0.15) is 12.8 Å². The van der Waals surface area contributed by atoms with Crippen molar-refractivity contribution in [3.63, 3.8) is 0 Å². The fraction of sp³-hybridized carbons (Fsp3) is 0.455. The molecule has 0 amide bonds. The maximum Gasteiger partial charge on any atom is 0.0504 e. The van der Waals surface area contributed by atoms with E-state index < -0.39 is 0 Å². The molecule has 1 aliphatic rings. The molecule has 1 aromatic carbocycles. The fourth-order valence-corrected chi connectivity index (χ4v) is 1.85. The van der Waals surface area contributed by atoms with Crippen LogP contribution < -0.4 is 5.32 Å². The lowest BCUT2D eigenvalue weighted by atomic mass is 10.1. The third-order valence-electron chi connectivity index (χ3n) is 2.78. The van der Waals surface area contributed by atoms with Crippen LogP contribution in [0.25, 0.3) is 0 Å². The molecular weight excluding hydrogens is 242 g/mol. The predicted molar refractivity (Wildman–Crippen MR) is 61.4 cm³/mol. The highest BCUT2D eigenvalue weighted by Crippen LogP contribution is 2.44. The van der Waals surface area contributed by atoms with Gasteiger partial charge in [-0.2, -0.15) is 0 Å². The lowest BCUT2D eigenvalue weighted by molar-refractivity contribution is 0.220. The van der Waals surface area contributed by atoms with Gasteiger partial charge in [0.1, 0.15) is 0 Å². The van der Waals surface area contributed by atoms with Crippen LogP contribution in [-0.4, -0.2) is 18.3 Å². The molecule has 0 atom stereocenters. The maximum atomic E-state index is 9.14. The third-order valence-corrected chi connectivity index (χ3v) is 3.28. The number of rotatable bonds is 4. The van der Waals surface area contributed by atoms with Crippen molar-refractivity contribution in [1.82, 2.24) is 0 Å². The molecule has 2 N–H and O–H groups in total. The number of aliphatic hydroxyl groups is 1. The molecule has 1 aliphatic carbocycles. The van der Waals surface area contributed by atoms with Crippen molar-refractivity contribution >= 4 is 21.6 Å². The van der Waals surface area contributed by atoms with E-state index in [1.54, 1.807) is 0 Å². The van der Waals surface area contributed by atoms with Crippen LogP contribution in [0.15, 0.2) is 28.7 Å². The highest BCUT2D eigenvalue weighted by Gasteiger charge is 2.41. The molecule has 1 saturated carbocycles. The van der Waals surface area contributed by atoms with Gasteiger partial charge in [0, 0.05) is 22.1 Å². The van der Waals surface area contributed by atoms with E-state index in [9.17, 15) is 0 Å². The van der Waals surface area contributed by atoms with Crippen molar-refractivity contribution in [2.75, 3.05) is 18.5 Å². The molecule has 0 heterocycles. The van der Waals surface area contributed by atoms with Crippen molar-refractivity contribution in [2.24, 2.45) is 5.41 Å². The Hall–Kier alpha value is -0.540. The normalized spacial score (nSPS) is 17.9. The van der Waals surface area contributed by atoms with Gasteiger partial charge in [0.2, 0.25) is 0 Å². The Morgan fingerprint density at radius 3 is 2.79 bits per heavy atom. The zero-order valence-corrected chi connectivity index (χ0v) is 9.55. The summed E-state index contributed by atoms with van der Waals surface area (Å²) in [5.41, 5.74) is 1.28. The zero-order chi connectivity index (χ0) is 10.0. The summed E-state index contributed by atoms with van der Waals surface area (Å²) in [6.45, 7) is 1.17. The quantitative estimate of drug-likeness (QED) is 0.867. The molecule has 14 heavy (non-hydrogen) atoms. The third kappa shape index (κ3) is 2.28. The minimum atomic E-state index is 0.169. The second kappa shape index (κ2) is 3.91. The van der Waals surface area contributed by atoms with Gasteiger partial charge in [0.15, 0.2) is 0 Å². The van der Waals surface area contributed by atoms with Crippen molar-refractivity contribution in [3.05, 3.63) is 28.7 Å². The van der Waals surface area contributed by atoms with Crippen LogP contribution in [0.4, 0.5) is 5.69 Å². The molecule has 2 nitrogen and oxygen atoms in total. The van der Waals surface area contributed by atoms with E-state index in [4.69, 9.17) is 5.11 Å². The second-order valence-electron chi connectivity index (χ2n) is 4.02. The van der Waals surface area contributed by atoms with Crippen LogP contribution in [0.5, 0.6) is 0 Å². The lowest BCUT2D eigenvalue weighted by Crippen LogP contribution is -2.18. The maximum absolute atomic E-state index is 9.14. The fourth-order valence-electron chi connectivity index (χ4n) is 1.46. The first-order valence-corrected chi connectivity index (χ1v) is 5.64. The predicted octanol–water partition coefficient (Wildman–Crippen LogP) is 2.63. The molecule has 0 radical (unpaired) electrons. The Kier molecular flexibility index (Phi) is 2.79.